The van der Waals surface area contributed by atoms with E-state index in [0.717, 1.165) is 71.6 Å². The van der Waals surface area contributed by atoms with E-state index in [2.05, 4.69) is 47.0 Å². The summed E-state index contributed by atoms with van der Waals surface area (Å²) in [5.41, 5.74) is 7.81. The summed E-state index contributed by atoms with van der Waals surface area (Å²) in [5, 5.41) is 7.44. The van der Waals surface area contributed by atoms with Crippen molar-refractivity contribution < 1.29 is 9.13 Å². The topological polar surface area (TPSA) is 33.3 Å². The molecule has 1 unspecified atom stereocenters. The van der Waals surface area contributed by atoms with Crippen LogP contribution in [0.15, 0.2) is 60.7 Å². The van der Waals surface area contributed by atoms with Gasteiger partial charge in [0.2, 0.25) is 0 Å². The van der Waals surface area contributed by atoms with Gasteiger partial charge in [0, 0.05) is 18.3 Å². The van der Waals surface area contributed by atoms with E-state index in [1.54, 1.807) is 13.2 Å². The number of anilines is 1. The van der Waals surface area contributed by atoms with E-state index in [-0.39, 0.29) is 5.82 Å². The standard InChI is InChI=1S/C27H26ClFN2O/c1-32-22-9-4-17-5-10-24(23-11-6-19(29)14-26(23)28)27(25(17)15-22)18-2-7-20(8-3-18)31-21-12-13-30-16-21/h2-4,6-9,11,14-15,21,30-31H,5,10,12-13,16H2,1H3. The van der Waals surface area contributed by atoms with Crippen molar-refractivity contribution in [2.45, 2.75) is 25.3 Å². The second-order valence-corrected chi connectivity index (χ2v) is 8.82. The van der Waals surface area contributed by atoms with Gasteiger partial charge < -0.3 is 15.4 Å². The lowest BCUT2D eigenvalue weighted by Gasteiger charge is -2.26. The third-order valence-electron chi connectivity index (χ3n) is 6.39. The molecule has 1 heterocycles. The second-order valence-electron chi connectivity index (χ2n) is 8.41. The molecule has 1 saturated heterocycles. The SMILES string of the molecule is COc1ccc2c(c1)C(c1ccc(NC3CCNC3)cc1)=C(c1ccc(F)cc1Cl)CC2. The van der Waals surface area contributed by atoms with Crippen molar-refractivity contribution in [2.75, 3.05) is 25.5 Å². The van der Waals surface area contributed by atoms with Gasteiger partial charge in [-0.15, -0.1) is 0 Å². The lowest BCUT2D eigenvalue weighted by molar-refractivity contribution is 0.414. The molecule has 1 atom stereocenters. The van der Waals surface area contributed by atoms with Crippen LogP contribution >= 0.6 is 11.6 Å². The highest BCUT2D eigenvalue weighted by molar-refractivity contribution is 6.32. The summed E-state index contributed by atoms with van der Waals surface area (Å²) < 4.78 is 19.3. The Balaban J connectivity index is 1.62. The van der Waals surface area contributed by atoms with Gasteiger partial charge in [0.25, 0.3) is 0 Å². The van der Waals surface area contributed by atoms with Crippen LogP contribution in [0.4, 0.5) is 10.1 Å². The van der Waals surface area contributed by atoms with Crippen LogP contribution < -0.4 is 15.4 Å². The van der Waals surface area contributed by atoms with Gasteiger partial charge >= 0.3 is 0 Å². The molecular formula is C27H26ClFN2O. The monoisotopic (exact) mass is 448 g/mol. The van der Waals surface area contributed by atoms with Crippen LogP contribution in [-0.4, -0.2) is 26.2 Å². The Bertz CT molecular complexity index is 1170. The molecule has 2 aliphatic rings. The highest BCUT2D eigenvalue weighted by Gasteiger charge is 2.24. The number of allylic oxidation sites excluding steroid dienone is 1. The van der Waals surface area contributed by atoms with E-state index in [1.807, 2.05) is 6.07 Å². The van der Waals surface area contributed by atoms with Crippen LogP contribution in [0.3, 0.4) is 0 Å². The molecule has 5 heteroatoms. The van der Waals surface area contributed by atoms with Gasteiger partial charge in [-0.3, -0.25) is 0 Å². The highest BCUT2D eigenvalue weighted by Crippen LogP contribution is 2.43. The second kappa shape index (κ2) is 8.97. The molecule has 0 aromatic heterocycles. The number of halogens is 2. The molecule has 3 aromatic rings. The maximum absolute atomic E-state index is 13.8. The molecular weight excluding hydrogens is 423 g/mol. The van der Waals surface area contributed by atoms with Crippen LogP contribution in [-0.2, 0) is 6.42 Å². The molecule has 0 saturated carbocycles. The van der Waals surface area contributed by atoms with E-state index in [1.165, 1.54) is 17.7 Å². The van der Waals surface area contributed by atoms with E-state index in [9.17, 15) is 4.39 Å². The number of nitrogens with one attached hydrogen (secondary N) is 2. The first-order valence-electron chi connectivity index (χ1n) is 11.1. The number of aryl methyl sites for hydroxylation is 1. The molecule has 5 rings (SSSR count). The number of hydrogen-bond donors (Lipinski definition) is 2. The fourth-order valence-corrected chi connectivity index (χ4v) is 5.04. The lowest BCUT2D eigenvalue weighted by Crippen LogP contribution is -2.21. The Morgan fingerprint density at radius 1 is 1.00 bits per heavy atom. The summed E-state index contributed by atoms with van der Waals surface area (Å²) >= 11 is 6.51. The number of fused-ring (bicyclic) bond motifs is 1. The molecule has 1 aliphatic heterocycles. The first-order valence-corrected chi connectivity index (χ1v) is 11.4. The zero-order chi connectivity index (χ0) is 22.1. The zero-order valence-electron chi connectivity index (χ0n) is 18.1. The Labute approximate surface area is 193 Å². The number of methoxy groups -OCH3 is 1. The molecule has 0 spiro atoms. The molecule has 3 aromatic carbocycles. The highest BCUT2D eigenvalue weighted by atomic mass is 35.5. The summed E-state index contributed by atoms with van der Waals surface area (Å²) in [6.45, 7) is 2.05. The Hall–Kier alpha value is -2.82. The van der Waals surface area contributed by atoms with E-state index >= 15 is 0 Å². The smallest absolute Gasteiger partial charge is 0.124 e. The number of rotatable bonds is 5. The van der Waals surface area contributed by atoms with E-state index in [0.29, 0.717) is 11.1 Å². The molecule has 0 bridgehead atoms. The quantitative estimate of drug-likeness (QED) is 0.490. The number of hydrogen-bond acceptors (Lipinski definition) is 3. The Kier molecular flexibility index (Phi) is 5.90. The third-order valence-corrected chi connectivity index (χ3v) is 6.71. The molecule has 1 aliphatic carbocycles. The fourth-order valence-electron chi connectivity index (χ4n) is 4.76. The summed E-state index contributed by atoms with van der Waals surface area (Å²) in [6.07, 6.45) is 2.88. The first-order chi connectivity index (χ1) is 15.6. The van der Waals surface area contributed by atoms with Crippen molar-refractivity contribution in [3.05, 3.63) is 93.8 Å². The predicted molar refractivity (Wildman–Crippen MR) is 130 cm³/mol. The van der Waals surface area contributed by atoms with Gasteiger partial charge in [0.15, 0.2) is 0 Å². The van der Waals surface area contributed by atoms with Crippen LogP contribution in [0, 0.1) is 5.82 Å². The summed E-state index contributed by atoms with van der Waals surface area (Å²) in [5.74, 6) is 0.496. The van der Waals surface area contributed by atoms with Crippen LogP contribution in [0.25, 0.3) is 11.1 Å². The maximum Gasteiger partial charge on any atom is 0.124 e. The van der Waals surface area contributed by atoms with Crippen molar-refractivity contribution in [1.29, 1.82) is 0 Å². The van der Waals surface area contributed by atoms with Crippen molar-refractivity contribution in [3.8, 4) is 5.75 Å². The minimum absolute atomic E-state index is 0.324. The fraction of sp³-hybridized carbons (Fsp3) is 0.259. The average Bonchev–Trinajstić information content (AvgIpc) is 3.32. The molecule has 2 N–H and O–H groups in total. The molecule has 0 radical (unpaired) electrons. The maximum atomic E-state index is 13.8. The molecule has 32 heavy (non-hydrogen) atoms. The van der Waals surface area contributed by atoms with Gasteiger partial charge in [-0.05, 0) is 95.6 Å². The molecule has 0 amide bonds. The third kappa shape index (κ3) is 4.13. The summed E-state index contributed by atoms with van der Waals surface area (Å²) in [7, 11) is 1.68. The molecule has 164 valence electrons. The van der Waals surface area contributed by atoms with Gasteiger partial charge in [0.05, 0.1) is 12.1 Å². The van der Waals surface area contributed by atoms with Gasteiger partial charge in [-0.1, -0.05) is 35.9 Å². The van der Waals surface area contributed by atoms with Crippen LogP contribution in [0.2, 0.25) is 5.02 Å². The largest absolute Gasteiger partial charge is 0.497 e. The van der Waals surface area contributed by atoms with Crippen molar-refractivity contribution in [3.63, 3.8) is 0 Å². The van der Waals surface area contributed by atoms with Crippen molar-refractivity contribution in [1.82, 2.24) is 5.32 Å². The van der Waals surface area contributed by atoms with E-state index < -0.39 is 0 Å². The number of ether oxygens (including phenoxy) is 1. The zero-order valence-corrected chi connectivity index (χ0v) is 18.8. The van der Waals surface area contributed by atoms with Gasteiger partial charge in [-0.25, -0.2) is 4.39 Å². The number of benzene rings is 3. The van der Waals surface area contributed by atoms with Crippen LogP contribution in [0.5, 0.6) is 5.75 Å². The molecule has 1 fully saturated rings. The van der Waals surface area contributed by atoms with Gasteiger partial charge in [0.1, 0.15) is 11.6 Å². The Morgan fingerprint density at radius 3 is 2.56 bits per heavy atom. The van der Waals surface area contributed by atoms with Gasteiger partial charge in [-0.2, -0.15) is 0 Å². The average molecular weight is 449 g/mol. The minimum atomic E-state index is -0.324. The summed E-state index contributed by atoms with van der Waals surface area (Å²) in [6, 6.07) is 20.0. The normalized spacial score (nSPS) is 17.9. The van der Waals surface area contributed by atoms with E-state index in [4.69, 9.17) is 16.3 Å². The lowest BCUT2D eigenvalue weighted by atomic mass is 9.79. The summed E-state index contributed by atoms with van der Waals surface area (Å²) in [4.78, 5) is 0. The predicted octanol–water partition coefficient (Wildman–Crippen LogP) is 6.17. The van der Waals surface area contributed by atoms with Crippen molar-refractivity contribution >= 4 is 28.4 Å². The Morgan fingerprint density at radius 2 is 1.84 bits per heavy atom. The molecule has 3 nitrogen and oxygen atoms in total. The van der Waals surface area contributed by atoms with Crippen LogP contribution in [0.1, 0.15) is 35.1 Å². The minimum Gasteiger partial charge on any atom is -0.497 e. The first kappa shape index (κ1) is 21.0. The van der Waals surface area contributed by atoms with Crippen molar-refractivity contribution in [2.24, 2.45) is 0 Å².